The van der Waals surface area contributed by atoms with Crippen molar-refractivity contribution in [3.8, 4) is 0 Å². The number of rotatable bonds is 3. The molecule has 3 heteroatoms. The lowest BCUT2D eigenvalue weighted by Gasteiger charge is -2.45. The van der Waals surface area contributed by atoms with Gasteiger partial charge >= 0.3 is 0 Å². The van der Waals surface area contributed by atoms with Crippen molar-refractivity contribution in [3.05, 3.63) is 0 Å². The van der Waals surface area contributed by atoms with Gasteiger partial charge in [-0.25, -0.2) is 0 Å². The van der Waals surface area contributed by atoms with Crippen LogP contribution >= 0.6 is 0 Å². The van der Waals surface area contributed by atoms with E-state index in [1.165, 1.54) is 45.3 Å². The van der Waals surface area contributed by atoms with Crippen molar-refractivity contribution in [2.45, 2.75) is 51.6 Å². The third-order valence-corrected chi connectivity index (χ3v) is 5.31. The standard InChI is InChI=1S/C15H31N3/c1-12-4-6-14(7-5-12)15(10-16)18-9-8-17(3)13(2)11-18/h12-15H,4-11,16H2,1-3H3. The maximum Gasteiger partial charge on any atom is 0.0247 e. The molecule has 1 saturated carbocycles. The molecule has 2 rings (SSSR count). The van der Waals surface area contributed by atoms with Gasteiger partial charge in [-0.15, -0.1) is 0 Å². The van der Waals surface area contributed by atoms with E-state index in [1.807, 2.05) is 0 Å². The van der Waals surface area contributed by atoms with Crippen molar-refractivity contribution < 1.29 is 0 Å². The van der Waals surface area contributed by atoms with Crippen LogP contribution in [0.4, 0.5) is 0 Å². The Kier molecular flexibility index (Phi) is 5.05. The maximum absolute atomic E-state index is 6.09. The van der Waals surface area contributed by atoms with Gasteiger partial charge in [0.25, 0.3) is 0 Å². The SMILES string of the molecule is CC1CCC(C(CN)N2CCN(C)C(C)C2)CC1. The van der Waals surface area contributed by atoms with Gasteiger partial charge in [0.05, 0.1) is 0 Å². The molecule has 3 nitrogen and oxygen atoms in total. The Hall–Kier alpha value is -0.120. The summed E-state index contributed by atoms with van der Waals surface area (Å²) in [6.45, 7) is 9.17. The van der Waals surface area contributed by atoms with E-state index in [0.29, 0.717) is 12.1 Å². The number of nitrogens with zero attached hydrogens (tertiary/aromatic N) is 2. The summed E-state index contributed by atoms with van der Waals surface area (Å²) in [5.41, 5.74) is 6.09. The first-order valence-corrected chi connectivity index (χ1v) is 7.76. The molecule has 0 aromatic rings. The quantitative estimate of drug-likeness (QED) is 0.832. The van der Waals surface area contributed by atoms with Crippen LogP contribution < -0.4 is 5.73 Å². The molecule has 0 aromatic carbocycles. The van der Waals surface area contributed by atoms with Crippen LogP contribution in [-0.2, 0) is 0 Å². The summed E-state index contributed by atoms with van der Waals surface area (Å²) < 4.78 is 0. The molecule has 1 aliphatic carbocycles. The number of hydrogen-bond acceptors (Lipinski definition) is 3. The fourth-order valence-corrected chi connectivity index (χ4v) is 3.69. The zero-order chi connectivity index (χ0) is 13.1. The fraction of sp³-hybridized carbons (Fsp3) is 1.00. The second kappa shape index (κ2) is 6.36. The molecular weight excluding hydrogens is 222 g/mol. The van der Waals surface area contributed by atoms with Crippen LogP contribution in [0.25, 0.3) is 0 Å². The van der Waals surface area contributed by atoms with E-state index in [4.69, 9.17) is 5.73 Å². The molecule has 0 radical (unpaired) electrons. The molecule has 1 saturated heterocycles. The average molecular weight is 253 g/mol. The second-order valence-corrected chi connectivity index (χ2v) is 6.65. The topological polar surface area (TPSA) is 32.5 Å². The maximum atomic E-state index is 6.09. The zero-order valence-corrected chi connectivity index (χ0v) is 12.4. The number of likely N-dealkylation sites (N-methyl/N-ethyl adjacent to an activating group) is 1. The van der Waals surface area contributed by atoms with Crippen LogP contribution in [0.1, 0.15) is 39.5 Å². The summed E-state index contributed by atoms with van der Waals surface area (Å²) >= 11 is 0. The minimum Gasteiger partial charge on any atom is -0.329 e. The highest BCUT2D eigenvalue weighted by molar-refractivity contribution is 4.88. The highest BCUT2D eigenvalue weighted by Gasteiger charge is 2.32. The molecule has 0 aromatic heterocycles. The Labute approximate surface area is 113 Å². The molecule has 2 aliphatic rings. The van der Waals surface area contributed by atoms with E-state index in [-0.39, 0.29) is 0 Å². The fourth-order valence-electron chi connectivity index (χ4n) is 3.69. The van der Waals surface area contributed by atoms with E-state index in [0.717, 1.165) is 18.4 Å². The molecule has 0 spiro atoms. The molecule has 2 unspecified atom stereocenters. The Morgan fingerprint density at radius 2 is 1.78 bits per heavy atom. The Balaban J connectivity index is 1.92. The van der Waals surface area contributed by atoms with Crippen molar-refractivity contribution in [2.24, 2.45) is 17.6 Å². The molecule has 2 fully saturated rings. The van der Waals surface area contributed by atoms with Crippen LogP contribution in [0, 0.1) is 11.8 Å². The molecule has 18 heavy (non-hydrogen) atoms. The third-order valence-electron chi connectivity index (χ3n) is 5.31. The molecular formula is C15H31N3. The van der Waals surface area contributed by atoms with Crippen LogP contribution in [0.5, 0.6) is 0 Å². The molecule has 0 bridgehead atoms. The number of piperazine rings is 1. The van der Waals surface area contributed by atoms with Gasteiger partial charge in [-0.05, 0) is 38.6 Å². The highest BCUT2D eigenvalue weighted by atomic mass is 15.3. The first-order valence-electron chi connectivity index (χ1n) is 7.76. The Morgan fingerprint density at radius 1 is 1.11 bits per heavy atom. The summed E-state index contributed by atoms with van der Waals surface area (Å²) in [7, 11) is 2.24. The van der Waals surface area contributed by atoms with E-state index < -0.39 is 0 Å². The second-order valence-electron chi connectivity index (χ2n) is 6.65. The normalized spacial score (nSPS) is 37.7. The van der Waals surface area contributed by atoms with Gasteiger partial charge in [-0.3, -0.25) is 4.90 Å². The van der Waals surface area contributed by atoms with Gasteiger partial charge < -0.3 is 10.6 Å². The summed E-state index contributed by atoms with van der Waals surface area (Å²) in [5.74, 6) is 1.79. The average Bonchev–Trinajstić information content (AvgIpc) is 2.37. The van der Waals surface area contributed by atoms with Crippen LogP contribution in [-0.4, -0.2) is 55.1 Å². The summed E-state index contributed by atoms with van der Waals surface area (Å²) in [6.07, 6.45) is 5.60. The predicted octanol–water partition coefficient (Wildman–Crippen LogP) is 1.78. The monoisotopic (exact) mass is 253 g/mol. The lowest BCUT2D eigenvalue weighted by Crippen LogP contribution is -2.57. The first-order chi connectivity index (χ1) is 8.61. The largest absolute Gasteiger partial charge is 0.329 e. The Morgan fingerprint density at radius 3 is 2.33 bits per heavy atom. The van der Waals surface area contributed by atoms with Gasteiger partial charge in [0.2, 0.25) is 0 Å². The van der Waals surface area contributed by atoms with E-state index in [2.05, 4.69) is 30.7 Å². The van der Waals surface area contributed by atoms with Crippen LogP contribution in [0.2, 0.25) is 0 Å². The number of hydrogen-bond donors (Lipinski definition) is 1. The van der Waals surface area contributed by atoms with Crippen molar-refractivity contribution in [1.82, 2.24) is 9.80 Å². The minimum atomic E-state index is 0.633. The first kappa shape index (κ1) is 14.3. The van der Waals surface area contributed by atoms with Gasteiger partial charge in [0, 0.05) is 38.3 Å². The molecule has 2 atom stereocenters. The van der Waals surface area contributed by atoms with Gasteiger partial charge in [-0.2, -0.15) is 0 Å². The molecule has 2 N–H and O–H groups in total. The van der Waals surface area contributed by atoms with Gasteiger partial charge in [-0.1, -0.05) is 19.8 Å². The molecule has 106 valence electrons. The summed E-state index contributed by atoms with van der Waals surface area (Å²) in [5, 5.41) is 0. The molecule has 0 amide bonds. The van der Waals surface area contributed by atoms with E-state index in [1.54, 1.807) is 0 Å². The van der Waals surface area contributed by atoms with E-state index >= 15 is 0 Å². The third kappa shape index (κ3) is 3.25. The van der Waals surface area contributed by atoms with Gasteiger partial charge in [0.15, 0.2) is 0 Å². The van der Waals surface area contributed by atoms with Crippen molar-refractivity contribution in [3.63, 3.8) is 0 Å². The highest BCUT2D eigenvalue weighted by Crippen LogP contribution is 2.32. The predicted molar refractivity (Wildman–Crippen MR) is 77.6 cm³/mol. The van der Waals surface area contributed by atoms with Crippen molar-refractivity contribution >= 4 is 0 Å². The summed E-state index contributed by atoms with van der Waals surface area (Å²) in [4.78, 5) is 5.14. The molecule has 1 aliphatic heterocycles. The lowest BCUT2D eigenvalue weighted by atomic mass is 9.78. The van der Waals surface area contributed by atoms with E-state index in [9.17, 15) is 0 Å². The van der Waals surface area contributed by atoms with Crippen LogP contribution in [0.3, 0.4) is 0 Å². The summed E-state index contributed by atoms with van der Waals surface area (Å²) in [6, 6.07) is 1.31. The molecule has 1 heterocycles. The smallest absolute Gasteiger partial charge is 0.0247 e. The number of nitrogens with two attached hydrogens (primary N) is 1. The minimum absolute atomic E-state index is 0.633. The van der Waals surface area contributed by atoms with Gasteiger partial charge in [0.1, 0.15) is 0 Å². The zero-order valence-electron chi connectivity index (χ0n) is 12.4. The lowest BCUT2D eigenvalue weighted by molar-refractivity contribution is 0.0399. The Bertz CT molecular complexity index is 248. The van der Waals surface area contributed by atoms with Crippen molar-refractivity contribution in [2.75, 3.05) is 33.2 Å². The van der Waals surface area contributed by atoms with Crippen LogP contribution in [0.15, 0.2) is 0 Å². The van der Waals surface area contributed by atoms with Crippen molar-refractivity contribution in [1.29, 1.82) is 0 Å².